The van der Waals surface area contributed by atoms with Crippen molar-refractivity contribution in [3.63, 3.8) is 0 Å². The SMILES string of the molecule is Nc1ncc(C(=O)Nc2nnns2)c2ccccc12. The highest BCUT2D eigenvalue weighted by molar-refractivity contribution is 7.09. The number of nitrogens with two attached hydrogens (primary N) is 1. The van der Waals surface area contributed by atoms with Gasteiger partial charge in [0.05, 0.1) is 5.56 Å². The molecular formula is C11H8N6OS. The molecule has 0 atom stereocenters. The van der Waals surface area contributed by atoms with E-state index in [1.807, 2.05) is 24.3 Å². The molecule has 0 bridgehead atoms. The van der Waals surface area contributed by atoms with Crippen LogP contribution in [0.5, 0.6) is 0 Å². The highest BCUT2D eigenvalue weighted by atomic mass is 32.1. The van der Waals surface area contributed by atoms with Gasteiger partial charge in [0, 0.05) is 23.1 Å². The molecule has 94 valence electrons. The van der Waals surface area contributed by atoms with E-state index in [2.05, 4.69) is 25.1 Å². The molecule has 7 nitrogen and oxygen atoms in total. The van der Waals surface area contributed by atoms with E-state index >= 15 is 0 Å². The van der Waals surface area contributed by atoms with Crippen molar-refractivity contribution in [1.29, 1.82) is 0 Å². The summed E-state index contributed by atoms with van der Waals surface area (Å²) in [6, 6.07) is 7.32. The monoisotopic (exact) mass is 272 g/mol. The third-order valence-electron chi connectivity index (χ3n) is 2.59. The molecule has 0 aliphatic carbocycles. The van der Waals surface area contributed by atoms with Gasteiger partial charge in [-0.2, -0.15) is 0 Å². The van der Waals surface area contributed by atoms with Crippen molar-refractivity contribution in [1.82, 2.24) is 19.8 Å². The van der Waals surface area contributed by atoms with Crippen LogP contribution in [-0.2, 0) is 0 Å². The molecule has 3 rings (SSSR count). The summed E-state index contributed by atoms with van der Waals surface area (Å²) in [5, 5.41) is 11.5. The van der Waals surface area contributed by atoms with E-state index in [0.29, 0.717) is 16.5 Å². The van der Waals surface area contributed by atoms with E-state index < -0.39 is 0 Å². The lowest BCUT2D eigenvalue weighted by Crippen LogP contribution is -2.13. The van der Waals surface area contributed by atoms with Gasteiger partial charge in [-0.15, -0.1) is 0 Å². The fourth-order valence-corrected chi connectivity index (χ4v) is 2.10. The first-order chi connectivity index (χ1) is 9.25. The minimum absolute atomic E-state index is 0.317. The number of hydrogen-bond acceptors (Lipinski definition) is 7. The molecule has 0 unspecified atom stereocenters. The number of pyridine rings is 1. The number of anilines is 2. The molecule has 1 aromatic carbocycles. The van der Waals surface area contributed by atoms with Crippen LogP contribution in [0.2, 0.25) is 0 Å². The van der Waals surface area contributed by atoms with Gasteiger partial charge in [-0.3, -0.25) is 10.1 Å². The Morgan fingerprint density at radius 3 is 2.79 bits per heavy atom. The molecule has 0 fully saturated rings. The van der Waals surface area contributed by atoms with Crippen molar-refractivity contribution < 1.29 is 4.79 Å². The molecule has 0 aliphatic heterocycles. The maximum Gasteiger partial charge on any atom is 0.259 e. The van der Waals surface area contributed by atoms with Gasteiger partial charge in [0.25, 0.3) is 5.91 Å². The summed E-state index contributed by atoms with van der Waals surface area (Å²) in [4.78, 5) is 16.2. The Balaban J connectivity index is 2.05. The summed E-state index contributed by atoms with van der Waals surface area (Å²) >= 11 is 1.01. The van der Waals surface area contributed by atoms with E-state index in [0.717, 1.165) is 22.3 Å². The molecular weight excluding hydrogens is 264 g/mol. The number of benzene rings is 1. The van der Waals surface area contributed by atoms with Gasteiger partial charge in [0.2, 0.25) is 5.13 Å². The number of hydrogen-bond donors (Lipinski definition) is 2. The number of amides is 1. The second-order valence-corrected chi connectivity index (χ2v) is 4.46. The third-order valence-corrected chi connectivity index (χ3v) is 3.10. The summed E-state index contributed by atoms with van der Waals surface area (Å²) in [5.41, 5.74) is 6.22. The molecule has 3 N–H and O–H groups in total. The van der Waals surface area contributed by atoms with Crippen LogP contribution in [0.3, 0.4) is 0 Å². The molecule has 0 saturated heterocycles. The predicted octanol–water partition coefficient (Wildman–Crippen LogP) is 1.32. The van der Waals surface area contributed by atoms with E-state index in [-0.39, 0.29) is 5.91 Å². The second-order valence-electron chi connectivity index (χ2n) is 3.72. The van der Waals surface area contributed by atoms with Crippen LogP contribution in [0, 0.1) is 0 Å². The Morgan fingerprint density at radius 2 is 2.05 bits per heavy atom. The van der Waals surface area contributed by atoms with Gasteiger partial charge in [-0.1, -0.05) is 33.9 Å². The molecule has 19 heavy (non-hydrogen) atoms. The normalized spacial score (nSPS) is 10.5. The number of aromatic nitrogens is 4. The Labute approximate surface area is 111 Å². The van der Waals surface area contributed by atoms with Gasteiger partial charge in [-0.25, -0.2) is 4.98 Å². The summed E-state index contributed by atoms with van der Waals surface area (Å²) in [7, 11) is 0. The second kappa shape index (κ2) is 4.58. The number of nitrogens with zero attached hydrogens (tertiary/aromatic N) is 4. The molecule has 2 heterocycles. The average molecular weight is 272 g/mol. The van der Waals surface area contributed by atoms with Crippen LogP contribution in [0.4, 0.5) is 10.9 Å². The van der Waals surface area contributed by atoms with E-state index in [1.54, 1.807) is 0 Å². The van der Waals surface area contributed by atoms with Crippen molar-refractivity contribution in [3.05, 3.63) is 36.0 Å². The summed E-state index contributed by atoms with van der Waals surface area (Å²) in [5.74, 6) is 0.0759. The number of carbonyl (C=O) groups excluding carboxylic acids is 1. The van der Waals surface area contributed by atoms with Gasteiger partial charge in [0.1, 0.15) is 5.82 Å². The minimum Gasteiger partial charge on any atom is -0.383 e. The van der Waals surface area contributed by atoms with Crippen molar-refractivity contribution in [2.75, 3.05) is 11.1 Å². The molecule has 0 saturated carbocycles. The summed E-state index contributed by atoms with van der Waals surface area (Å²) < 4.78 is 3.58. The van der Waals surface area contributed by atoms with Crippen LogP contribution >= 0.6 is 11.5 Å². The van der Waals surface area contributed by atoms with Crippen LogP contribution in [-0.4, -0.2) is 25.7 Å². The summed E-state index contributed by atoms with van der Waals surface area (Å²) in [6.45, 7) is 0. The van der Waals surface area contributed by atoms with Crippen molar-refractivity contribution in [2.45, 2.75) is 0 Å². The van der Waals surface area contributed by atoms with E-state index in [4.69, 9.17) is 5.73 Å². The number of nitrogens with one attached hydrogen (secondary N) is 1. The van der Waals surface area contributed by atoms with Crippen LogP contribution in [0.25, 0.3) is 10.8 Å². The quantitative estimate of drug-likeness (QED) is 0.728. The Morgan fingerprint density at radius 1 is 1.26 bits per heavy atom. The minimum atomic E-state index is -0.317. The maximum absolute atomic E-state index is 12.2. The molecule has 1 amide bonds. The molecule has 8 heteroatoms. The predicted molar refractivity (Wildman–Crippen MR) is 71.8 cm³/mol. The number of carbonyl (C=O) groups is 1. The molecule has 0 radical (unpaired) electrons. The number of fused-ring (bicyclic) bond motifs is 1. The zero-order valence-corrected chi connectivity index (χ0v) is 10.4. The lowest BCUT2D eigenvalue weighted by atomic mass is 10.1. The first kappa shape index (κ1) is 11.5. The van der Waals surface area contributed by atoms with Gasteiger partial charge in [0.15, 0.2) is 0 Å². The smallest absolute Gasteiger partial charge is 0.259 e. The highest BCUT2D eigenvalue weighted by Crippen LogP contribution is 2.23. The van der Waals surface area contributed by atoms with Gasteiger partial charge in [-0.05, 0) is 10.6 Å². The molecule has 0 spiro atoms. The van der Waals surface area contributed by atoms with Gasteiger partial charge < -0.3 is 5.73 Å². The Bertz CT molecular complexity index is 742. The standard InChI is InChI=1S/C11H8N6OS/c12-9-7-4-2-1-3-6(7)8(5-13-9)10(18)14-11-15-16-17-19-11/h1-5H,(H2,12,13)(H,14,15,17,18). The first-order valence-electron chi connectivity index (χ1n) is 5.35. The van der Waals surface area contributed by atoms with E-state index in [1.165, 1.54) is 6.20 Å². The van der Waals surface area contributed by atoms with Gasteiger partial charge >= 0.3 is 0 Å². The van der Waals surface area contributed by atoms with Crippen LogP contribution in [0.1, 0.15) is 10.4 Å². The lowest BCUT2D eigenvalue weighted by molar-refractivity contribution is 0.102. The van der Waals surface area contributed by atoms with Crippen molar-refractivity contribution >= 4 is 39.2 Å². The zero-order valence-electron chi connectivity index (χ0n) is 9.57. The number of nitrogen functional groups attached to an aromatic ring is 1. The van der Waals surface area contributed by atoms with E-state index in [9.17, 15) is 4.79 Å². The average Bonchev–Trinajstić information content (AvgIpc) is 2.92. The third kappa shape index (κ3) is 2.08. The maximum atomic E-state index is 12.2. The fraction of sp³-hybridized carbons (Fsp3) is 0. The molecule has 2 aromatic heterocycles. The van der Waals surface area contributed by atoms with Crippen LogP contribution < -0.4 is 11.1 Å². The Hall–Kier alpha value is -2.61. The largest absolute Gasteiger partial charge is 0.383 e. The summed E-state index contributed by atoms with van der Waals surface area (Å²) in [6.07, 6.45) is 1.45. The highest BCUT2D eigenvalue weighted by Gasteiger charge is 2.13. The van der Waals surface area contributed by atoms with Crippen molar-refractivity contribution in [3.8, 4) is 0 Å². The van der Waals surface area contributed by atoms with Crippen molar-refractivity contribution in [2.24, 2.45) is 0 Å². The fourth-order valence-electron chi connectivity index (χ4n) is 1.74. The first-order valence-corrected chi connectivity index (χ1v) is 6.12. The lowest BCUT2D eigenvalue weighted by Gasteiger charge is -2.06. The topological polar surface area (TPSA) is 107 Å². The molecule has 0 aliphatic rings. The molecule has 3 aromatic rings. The van der Waals surface area contributed by atoms with Crippen LogP contribution in [0.15, 0.2) is 30.5 Å². The Kier molecular flexibility index (Phi) is 2.76. The zero-order chi connectivity index (χ0) is 13.2. The number of rotatable bonds is 2.